The van der Waals surface area contributed by atoms with Crippen molar-refractivity contribution in [1.29, 1.82) is 0 Å². The monoisotopic (exact) mass is 352 g/mol. The zero-order valence-corrected chi connectivity index (χ0v) is 14.9. The Balaban J connectivity index is 1.73. The van der Waals surface area contributed by atoms with Gasteiger partial charge in [-0.1, -0.05) is 6.07 Å². The molecule has 0 saturated heterocycles. The Kier molecular flexibility index (Phi) is 4.83. The fourth-order valence-electron chi connectivity index (χ4n) is 2.57. The van der Waals surface area contributed by atoms with Gasteiger partial charge in [0.05, 0.1) is 11.8 Å². The molecule has 0 fully saturated rings. The SMILES string of the molecule is CCn1nccc1C(=O)Nc1cccc(NC(=O)c2cnn(C)c2C)c1. The van der Waals surface area contributed by atoms with Crippen LogP contribution in [0.3, 0.4) is 0 Å². The summed E-state index contributed by atoms with van der Waals surface area (Å²) < 4.78 is 3.26. The molecule has 0 unspecified atom stereocenters. The van der Waals surface area contributed by atoms with Crippen LogP contribution in [0, 0.1) is 6.92 Å². The summed E-state index contributed by atoms with van der Waals surface area (Å²) in [6.45, 7) is 4.35. The van der Waals surface area contributed by atoms with Crippen molar-refractivity contribution in [3.8, 4) is 0 Å². The van der Waals surface area contributed by atoms with Gasteiger partial charge < -0.3 is 10.6 Å². The minimum absolute atomic E-state index is 0.247. The van der Waals surface area contributed by atoms with Gasteiger partial charge in [0, 0.05) is 36.9 Å². The van der Waals surface area contributed by atoms with Crippen LogP contribution in [0.1, 0.15) is 33.5 Å². The molecule has 0 atom stereocenters. The molecule has 8 heteroatoms. The Bertz CT molecular complexity index is 956. The number of carbonyl (C=O) groups is 2. The molecule has 1 aromatic carbocycles. The molecule has 26 heavy (non-hydrogen) atoms. The third-order valence-electron chi connectivity index (χ3n) is 4.11. The van der Waals surface area contributed by atoms with Gasteiger partial charge >= 0.3 is 0 Å². The van der Waals surface area contributed by atoms with Crippen LogP contribution >= 0.6 is 0 Å². The predicted octanol–water partition coefficient (Wildman–Crippen LogP) is 2.45. The molecule has 2 heterocycles. The number of nitrogens with zero attached hydrogens (tertiary/aromatic N) is 4. The number of carbonyl (C=O) groups excluding carboxylic acids is 2. The van der Waals surface area contributed by atoms with Gasteiger partial charge in [0.1, 0.15) is 5.69 Å². The molecule has 134 valence electrons. The van der Waals surface area contributed by atoms with E-state index in [1.165, 1.54) is 6.20 Å². The van der Waals surface area contributed by atoms with Crippen molar-refractivity contribution in [3.05, 3.63) is 59.7 Å². The molecule has 0 saturated carbocycles. The van der Waals surface area contributed by atoms with Crippen LogP contribution in [0.15, 0.2) is 42.7 Å². The van der Waals surface area contributed by atoms with Gasteiger partial charge in [-0.25, -0.2) is 0 Å². The average molecular weight is 352 g/mol. The fraction of sp³-hybridized carbons (Fsp3) is 0.222. The Morgan fingerprint density at radius 1 is 1.08 bits per heavy atom. The average Bonchev–Trinajstić information content (AvgIpc) is 3.22. The Morgan fingerprint density at radius 3 is 2.38 bits per heavy atom. The highest BCUT2D eigenvalue weighted by molar-refractivity contribution is 6.06. The van der Waals surface area contributed by atoms with Crippen molar-refractivity contribution in [2.75, 3.05) is 10.6 Å². The van der Waals surface area contributed by atoms with Crippen molar-refractivity contribution in [2.45, 2.75) is 20.4 Å². The summed E-state index contributed by atoms with van der Waals surface area (Å²) in [5, 5.41) is 13.8. The standard InChI is InChI=1S/C18H20N6O2/c1-4-24-16(8-9-19-24)18(26)22-14-7-5-6-13(10-14)21-17(25)15-11-20-23(3)12(15)2/h5-11H,4H2,1-3H3,(H,21,25)(H,22,26). The highest BCUT2D eigenvalue weighted by Gasteiger charge is 2.14. The van der Waals surface area contributed by atoms with Crippen LogP contribution in [0.25, 0.3) is 0 Å². The van der Waals surface area contributed by atoms with Crippen LogP contribution in [-0.2, 0) is 13.6 Å². The minimum Gasteiger partial charge on any atom is -0.322 e. The molecule has 0 radical (unpaired) electrons. The summed E-state index contributed by atoms with van der Waals surface area (Å²) in [5.74, 6) is -0.501. The molecule has 0 aliphatic rings. The van der Waals surface area contributed by atoms with E-state index in [0.29, 0.717) is 29.2 Å². The molecular weight excluding hydrogens is 332 g/mol. The molecule has 0 aliphatic heterocycles. The fourth-order valence-corrected chi connectivity index (χ4v) is 2.57. The summed E-state index contributed by atoms with van der Waals surface area (Å²) >= 11 is 0. The van der Waals surface area contributed by atoms with Gasteiger partial charge in [-0.05, 0) is 38.1 Å². The maximum absolute atomic E-state index is 12.4. The van der Waals surface area contributed by atoms with E-state index in [9.17, 15) is 9.59 Å². The van der Waals surface area contributed by atoms with Gasteiger partial charge in [0.2, 0.25) is 0 Å². The van der Waals surface area contributed by atoms with Gasteiger partial charge in [-0.2, -0.15) is 10.2 Å². The molecule has 0 aliphatic carbocycles. The second kappa shape index (κ2) is 7.22. The normalized spacial score (nSPS) is 10.6. The highest BCUT2D eigenvalue weighted by Crippen LogP contribution is 2.18. The van der Waals surface area contributed by atoms with Crippen molar-refractivity contribution in [3.63, 3.8) is 0 Å². The quantitative estimate of drug-likeness (QED) is 0.737. The van der Waals surface area contributed by atoms with E-state index < -0.39 is 0 Å². The Labute approximate surface area is 150 Å². The second-order valence-corrected chi connectivity index (χ2v) is 5.79. The van der Waals surface area contributed by atoms with Crippen LogP contribution in [-0.4, -0.2) is 31.4 Å². The number of anilines is 2. The first-order valence-electron chi connectivity index (χ1n) is 8.22. The van der Waals surface area contributed by atoms with E-state index >= 15 is 0 Å². The van der Waals surface area contributed by atoms with Crippen LogP contribution in [0.5, 0.6) is 0 Å². The third-order valence-corrected chi connectivity index (χ3v) is 4.11. The van der Waals surface area contributed by atoms with E-state index in [1.807, 2.05) is 13.8 Å². The maximum Gasteiger partial charge on any atom is 0.273 e. The third kappa shape index (κ3) is 3.49. The molecular formula is C18H20N6O2. The van der Waals surface area contributed by atoms with Gasteiger partial charge in [-0.3, -0.25) is 19.0 Å². The van der Waals surface area contributed by atoms with Gasteiger partial charge in [-0.15, -0.1) is 0 Å². The largest absolute Gasteiger partial charge is 0.322 e. The predicted molar refractivity (Wildman–Crippen MR) is 98.2 cm³/mol. The summed E-state index contributed by atoms with van der Waals surface area (Å²) in [5.41, 5.74) is 2.93. The number of aromatic nitrogens is 4. The number of amides is 2. The van der Waals surface area contributed by atoms with Crippen molar-refractivity contribution in [2.24, 2.45) is 7.05 Å². The van der Waals surface area contributed by atoms with E-state index in [4.69, 9.17) is 0 Å². The van der Waals surface area contributed by atoms with Gasteiger partial charge in [0.15, 0.2) is 0 Å². The number of benzene rings is 1. The first kappa shape index (κ1) is 17.4. The van der Waals surface area contributed by atoms with Crippen LogP contribution < -0.4 is 10.6 Å². The molecule has 0 bridgehead atoms. The summed E-state index contributed by atoms with van der Waals surface area (Å²) in [4.78, 5) is 24.8. The van der Waals surface area contributed by atoms with E-state index in [1.54, 1.807) is 52.9 Å². The smallest absolute Gasteiger partial charge is 0.273 e. The summed E-state index contributed by atoms with van der Waals surface area (Å²) in [6, 6.07) is 8.65. The second-order valence-electron chi connectivity index (χ2n) is 5.79. The highest BCUT2D eigenvalue weighted by atomic mass is 16.2. The number of hydrogen-bond acceptors (Lipinski definition) is 4. The Hall–Kier alpha value is -3.42. The van der Waals surface area contributed by atoms with E-state index in [2.05, 4.69) is 20.8 Å². The lowest BCUT2D eigenvalue weighted by atomic mass is 10.2. The number of hydrogen-bond donors (Lipinski definition) is 2. The molecule has 0 spiro atoms. The lowest BCUT2D eigenvalue weighted by molar-refractivity contribution is 0.101. The molecule has 2 amide bonds. The van der Waals surface area contributed by atoms with E-state index in [-0.39, 0.29) is 11.8 Å². The maximum atomic E-state index is 12.4. The lowest BCUT2D eigenvalue weighted by Gasteiger charge is -2.09. The molecule has 3 aromatic rings. The summed E-state index contributed by atoms with van der Waals surface area (Å²) in [7, 11) is 1.78. The number of rotatable bonds is 5. The number of nitrogens with one attached hydrogen (secondary N) is 2. The molecule has 3 rings (SSSR count). The zero-order valence-electron chi connectivity index (χ0n) is 14.9. The van der Waals surface area contributed by atoms with E-state index in [0.717, 1.165) is 5.69 Å². The first-order chi connectivity index (χ1) is 12.5. The van der Waals surface area contributed by atoms with Crippen LogP contribution in [0.2, 0.25) is 0 Å². The zero-order chi connectivity index (χ0) is 18.7. The summed E-state index contributed by atoms with van der Waals surface area (Å²) in [6.07, 6.45) is 3.12. The molecule has 2 aromatic heterocycles. The number of aryl methyl sites for hydroxylation is 2. The minimum atomic E-state index is -0.254. The van der Waals surface area contributed by atoms with Crippen molar-refractivity contribution < 1.29 is 9.59 Å². The molecule has 8 nitrogen and oxygen atoms in total. The van der Waals surface area contributed by atoms with Crippen LogP contribution in [0.4, 0.5) is 11.4 Å². The lowest BCUT2D eigenvalue weighted by Crippen LogP contribution is -2.17. The Morgan fingerprint density at radius 2 is 1.77 bits per heavy atom. The van der Waals surface area contributed by atoms with Crippen molar-refractivity contribution >= 4 is 23.2 Å². The molecule has 2 N–H and O–H groups in total. The van der Waals surface area contributed by atoms with Crippen molar-refractivity contribution in [1.82, 2.24) is 19.6 Å². The first-order valence-corrected chi connectivity index (χ1v) is 8.22. The van der Waals surface area contributed by atoms with Gasteiger partial charge in [0.25, 0.3) is 11.8 Å². The topological polar surface area (TPSA) is 93.8 Å².